The van der Waals surface area contributed by atoms with Gasteiger partial charge in [0.15, 0.2) is 0 Å². The standard InChI is InChI=1S/C19H12F3N3OS/c20-19(21,22)27-11-6-4-10(5-7-11)16-12(8-23)18(24)26-15-3-1-2-14-17(15)13(16)9-25-14/h1-7,9,16,25H,24H2. The van der Waals surface area contributed by atoms with Gasteiger partial charge in [0.05, 0.1) is 5.92 Å². The van der Waals surface area contributed by atoms with Crippen LogP contribution in [0.1, 0.15) is 17.0 Å². The first-order valence-electron chi connectivity index (χ1n) is 7.90. The highest BCUT2D eigenvalue weighted by atomic mass is 32.2. The molecule has 0 bridgehead atoms. The highest BCUT2D eigenvalue weighted by Gasteiger charge is 2.31. The summed E-state index contributed by atoms with van der Waals surface area (Å²) in [6.07, 6.45) is 1.77. The number of nitriles is 1. The van der Waals surface area contributed by atoms with Crippen molar-refractivity contribution in [3.8, 4) is 11.8 Å². The molecule has 0 saturated carbocycles. The third-order valence-electron chi connectivity index (χ3n) is 4.35. The smallest absolute Gasteiger partial charge is 0.440 e. The molecule has 2 aromatic carbocycles. The molecule has 1 aliphatic rings. The summed E-state index contributed by atoms with van der Waals surface area (Å²) in [6, 6.07) is 13.5. The molecule has 0 spiro atoms. The van der Waals surface area contributed by atoms with Gasteiger partial charge in [-0.1, -0.05) is 18.2 Å². The lowest BCUT2D eigenvalue weighted by Crippen LogP contribution is -2.13. The number of halogens is 3. The van der Waals surface area contributed by atoms with Gasteiger partial charge < -0.3 is 15.5 Å². The molecule has 1 unspecified atom stereocenters. The fraction of sp³-hybridized carbons (Fsp3) is 0.105. The molecular formula is C19H12F3N3OS. The molecule has 2 heterocycles. The topological polar surface area (TPSA) is 74.8 Å². The Morgan fingerprint density at radius 1 is 1.15 bits per heavy atom. The molecule has 1 aliphatic heterocycles. The number of allylic oxidation sites excluding steroid dienone is 1. The van der Waals surface area contributed by atoms with E-state index in [0.29, 0.717) is 11.3 Å². The van der Waals surface area contributed by atoms with Crippen molar-refractivity contribution in [2.24, 2.45) is 5.73 Å². The monoisotopic (exact) mass is 387 g/mol. The Bertz CT molecular complexity index is 1090. The SMILES string of the molecule is N#CC1=C(N)Oc2cccc3[nH]cc(c23)C1c1ccc(SC(F)(F)F)cc1. The first-order valence-corrected chi connectivity index (χ1v) is 8.72. The minimum absolute atomic E-state index is 0.0139. The number of aromatic nitrogens is 1. The molecule has 4 nitrogen and oxygen atoms in total. The average molecular weight is 387 g/mol. The molecule has 0 saturated heterocycles. The number of alkyl halides is 3. The number of thioether (sulfide) groups is 1. The lowest BCUT2D eigenvalue weighted by atomic mass is 9.85. The molecule has 27 heavy (non-hydrogen) atoms. The van der Waals surface area contributed by atoms with Gasteiger partial charge in [-0.15, -0.1) is 0 Å². The number of nitrogens with one attached hydrogen (secondary N) is 1. The fourth-order valence-electron chi connectivity index (χ4n) is 3.29. The van der Waals surface area contributed by atoms with Crippen LogP contribution in [0.25, 0.3) is 10.9 Å². The number of rotatable bonds is 2. The average Bonchev–Trinajstić information content (AvgIpc) is 2.98. The van der Waals surface area contributed by atoms with E-state index in [1.165, 1.54) is 12.1 Å². The summed E-state index contributed by atoms with van der Waals surface area (Å²) >= 11 is -0.181. The molecule has 3 aromatic rings. The fourth-order valence-corrected chi connectivity index (χ4v) is 3.83. The third kappa shape index (κ3) is 3.11. The Labute approximate surface area is 156 Å². The van der Waals surface area contributed by atoms with E-state index in [4.69, 9.17) is 10.5 Å². The lowest BCUT2D eigenvalue weighted by molar-refractivity contribution is -0.0328. The number of nitrogens with two attached hydrogens (primary N) is 1. The van der Waals surface area contributed by atoms with E-state index < -0.39 is 11.4 Å². The summed E-state index contributed by atoms with van der Waals surface area (Å²) in [5.41, 5.74) is 4.14. The van der Waals surface area contributed by atoms with Crippen molar-refractivity contribution in [1.29, 1.82) is 5.26 Å². The van der Waals surface area contributed by atoms with Gasteiger partial charge in [0.2, 0.25) is 5.88 Å². The summed E-state index contributed by atoms with van der Waals surface area (Å²) in [6.45, 7) is 0. The second-order valence-corrected chi connectivity index (χ2v) is 7.10. The van der Waals surface area contributed by atoms with Gasteiger partial charge >= 0.3 is 5.51 Å². The van der Waals surface area contributed by atoms with E-state index in [2.05, 4.69) is 11.1 Å². The van der Waals surface area contributed by atoms with Gasteiger partial charge in [0.25, 0.3) is 0 Å². The van der Waals surface area contributed by atoms with E-state index in [1.54, 1.807) is 30.5 Å². The van der Waals surface area contributed by atoms with Crippen molar-refractivity contribution < 1.29 is 17.9 Å². The van der Waals surface area contributed by atoms with Gasteiger partial charge in [-0.25, -0.2) is 0 Å². The summed E-state index contributed by atoms with van der Waals surface area (Å²) in [4.78, 5) is 3.22. The quantitative estimate of drug-likeness (QED) is 0.607. The summed E-state index contributed by atoms with van der Waals surface area (Å²) in [5, 5.41) is 10.5. The van der Waals surface area contributed by atoms with Crippen molar-refractivity contribution in [3.05, 3.63) is 71.2 Å². The van der Waals surface area contributed by atoms with Crippen LogP contribution in [0.3, 0.4) is 0 Å². The van der Waals surface area contributed by atoms with Crippen LogP contribution < -0.4 is 10.5 Å². The molecule has 4 rings (SSSR count). The Balaban J connectivity index is 1.86. The second-order valence-electron chi connectivity index (χ2n) is 5.96. The van der Waals surface area contributed by atoms with Crippen LogP contribution in [0.4, 0.5) is 13.2 Å². The first-order chi connectivity index (χ1) is 12.9. The van der Waals surface area contributed by atoms with E-state index in [9.17, 15) is 18.4 Å². The minimum Gasteiger partial charge on any atom is -0.440 e. The van der Waals surface area contributed by atoms with E-state index in [1.807, 2.05) is 6.07 Å². The predicted molar refractivity (Wildman–Crippen MR) is 96.0 cm³/mol. The maximum atomic E-state index is 12.6. The Morgan fingerprint density at radius 2 is 1.89 bits per heavy atom. The number of hydrogen-bond donors (Lipinski definition) is 2. The van der Waals surface area contributed by atoms with Gasteiger partial charge in [-0.2, -0.15) is 18.4 Å². The van der Waals surface area contributed by atoms with Gasteiger partial charge in [0.1, 0.15) is 17.4 Å². The molecule has 0 radical (unpaired) electrons. The second kappa shape index (κ2) is 6.28. The number of nitrogens with zero attached hydrogens (tertiary/aromatic N) is 1. The lowest BCUT2D eigenvalue weighted by Gasteiger charge is -2.16. The maximum Gasteiger partial charge on any atom is 0.446 e. The summed E-state index contributed by atoms with van der Waals surface area (Å²) < 4.78 is 43.4. The molecule has 0 amide bonds. The normalized spacial score (nSPS) is 16.7. The van der Waals surface area contributed by atoms with Crippen LogP contribution in [0.2, 0.25) is 0 Å². The zero-order chi connectivity index (χ0) is 19.2. The van der Waals surface area contributed by atoms with Gasteiger partial charge in [0, 0.05) is 22.0 Å². The molecule has 3 N–H and O–H groups in total. The highest BCUT2D eigenvalue weighted by Crippen LogP contribution is 2.44. The molecular weight excluding hydrogens is 375 g/mol. The van der Waals surface area contributed by atoms with Crippen LogP contribution in [-0.2, 0) is 0 Å². The number of ether oxygens (including phenoxy) is 1. The molecule has 1 aromatic heterocycles. The molecule has 0 fully saturated rings. The molecule has 1 atom stereocenters. The van der Waals surface area contributed by atoms with E-state index in [0.717, 1.165) is 16.5 Å². The third-order valence-corrected chi connectivity index (χ3v) is 5.09. The highest BCUT2D eigenvalue weighted by molar-refractivity contribution is 8.00. The van der Waals surface area contributed by atoms with Gasteiger partial charge in [-0.05, 0) is 47.2 Å². The number of aromatic amines is 1. The summed E-state index contributed by atoms with van der Waals surface area (Å²) in [5.74, 6) is -0.0296. The van der Waals surface area contributed by atoms with Crippen LogP contribution >= 0.6 is 11.8 Å². The van der Waals surface area contributed by atoms with Crippen LogP contribution in [0.15, 0.2) is 65.0 Å². The van der Waals surface area contributed by atoms with Crippen molar-refractivity contribution >= 4 is 22.7 Å². The van der Waals surface area contributed by atoms with Crippen molar-refractivity contribution in [3.63, 3.8) is 0 Å². The number of H-pyrrole nitrogens is 1. The van der Waals surface area contributed by atoms with E-state index in [-0.39, 0.29) is 28.1 Å². The largest absolute Gasteiger partial charge is 0.446 e. The predicted octanol–water partition coefficient (Wildman–Crippen LogP) is 5.00. The maximum absolute atomic E-state index is 12.6. The molecule has 8 heteroatoms. The van der Waals surface area contributed by atoms with E-state index >= 15 is 0 Å². The molecule has 136 valence electrons. The molecule has 0 aliphatic carbocycles. The van der Waals surface area contributed by atoms with Crippen molar-refractivity contribution in [2.45, 2.75) is 16.3 Å². The Hall–Kier alpha value is -3.05. The van der Waals surface area contributed by atoms with Crippen LogP contribution in [0.5, 0.6) is 5.75 Å². The zero-order valence-corrected chi connectivity index (χ0v) is 14.5. The Morgan fingerprint density at radius 3 is 2.56 bits per heavy atom. The Kier molecular flexibility index (Phi) is 4.04. The van der Waals surface area contributed by atoms with Crippen molar-refractivity contribution in [2.75, 3.05) is 0 Å². The summed E-state index contributed by atoms with van der Waals surface area (Å²) in [7, 11) is 0. The zero-order valence-electron chi connectivity index (χ0n) is 13.7. The van der Waals surface area contributed by atoms with Crippen LogP contribution in [-0.4, -0.2) is 10.5 Å². The van der Waals surface area contributed by atoms with Gasteiger partial charge in [-0.3, -0.25) is 0 Å². The number of hydrogen-bond acceptors (Lipinski definition) is 4. The van der Waals surface area contributed by atoms with Crippen molar-refractivity contribution in [1.82, 2.24) is 4.98 Å². The van der Waals surface area contributed by atoms with Crippen LogP contribution in [0, 0.1) is 11.3 Å². The first kappa shape index (κ1) is 17.4. The minimum atomic E-state index is -4.36. The number of benzene rings is 2.